The van der Waals surface area contributed by atoms with E-state index in [1.165, 1.54) is 0 Å². The number of fused-ring (bicyclic) bond motifs is 1. The number of rotatable bonds is 3. The molecule has 0 saturated carbocycles. The molecular weight excluding hydrogens is 296 g/mol. The number of methoxy groups -OCH3 is 1. The van der Waals surface area contributed by atoms with Crippen LogP contribution < -0.4 is 4.74 Å². The van der Waals surface area contributed by atoms with Crippen LogP contribution in [0.2, 0.25) is 0 Å². The van der Waals surface area contributed by atoms with Crippen LogP contribution in [0.25, 0.3) is 0 Å². The molecule has 0 bridgehead atoms. The van der Waals surface area contributed by atoms with Crippen molar-refractivity contribution >= 4 is 26.8 Å². The summed E-state index contributed by atoms with van der Waals surface area (Å²) >= 11 is 3.45. The lowest BCUT2D eigenvalue weighted by Gasteiger charge is -2.34. The molecule has 0 spiro atoms. The van der Waals surface area contributed by atoms with Crippen LogP contribution in [0, 0.1) is 0 Å². The maximum Gasteiger partial charge on any atom is 0.148 e. The third-order valence-electron chi connectivity index (χ3n) is 2.95. The van der Waals surface area contributed by atoms with E-state index in [9.17, 15) is 4.79 Å². The predicted octanol–water partition coefficient (Wildman–Crippen LogP) is 2.72. The topological polar surface area (TPSA) is 41.9 Å². The highest BCUT2D eigenvalue weighted by atomic mass is 79.9. The van der Waals surface area contributed by atoms with E-state index >= 15 is 0 Å². The molecule has 1 atom stereocenters. The number of ether oxygens (including phenoxy) is 1. The molecule has 1 heterocycles. The van der Waals surface area contributed by atoms with Gasteiger partial charge in [-0.25, -0.2) is 0 Å². The van der Waals surface area contributed by atoms with Crippen LogP contribution in [0.1, 0.15) is 31.0 Å². The van der Waals surface area contributed by atoms with Crippen LogP contribution in [0.5, 0.6) is 5.75 Å². The molecule has 0 radical (unpaired) electrons. The van der Waals surface area contributed by atoms with Gasteiger partial charge in [0.05, 0.1) is 7.11 Å². The van der Waals surface area contributed by atoms with Crippen LogP contribution in [0.4, 0.5) is 0 Å². The minimum atomic E-state index is -0.364. The minimum absolute atomic E-state index is 0.145. The molecule has 1 unspecified atom stereocenters. The maximum atomic E-state index is 11.4. The third kappa shape index (κ3) is 2.14. The molecular formula is C13H15BrN2O2. The SMILES string of the molecule is COc1ccc2c(c1)C(C=O)N(C(C)C)N=C2Br. The fourth-order valence-corrected chi connectivity index (χ4v) is 2.58. The molecule has 96 valence electrons. The summed E-state index contributed by atoms with van der Waals surface area (Å²) in [4.78, 5) is 11.4. The molecule has 18 heavy (non-hydrogen) atoms. The normalized spacial score (nSPS) is 18.4. The first-order chi connectivity index (χ1) is 8.58. The molecule has 2 rings (SSSR count). The van der Waals surface area contributed by atoms with Crippen molar-refractivity contribution in [2.45, 2.75) is 25.9 Å². The molecule has 0 fully saturated rings. The van der Waals surface area contributed by atoms with Gasteiger partial charge in [0.1, 0.15) is 22.7 Å². The quantitative estimate of drug-likeness (QED) is 0.806. The number of aldehydes is 1. The largest absolute Gasteiger partial charge is 0.497 e. The Morgan fingerprint density at radius 2 is 2.22 bits per heavy atom. The fourth-order valence-electron chi connectivity index (χ4n) is 2.03. The first-order valence-corrected chi connectivity index (χ1v) is 6.53. The van der Waals surface area contributed by atoms with Crippen molar-refractivity contribution in [3.05, 3.63) is 29.3 Å². The summed E-state index contributed by atoms with van der Waals surface area (Å²) < 4.78 is 5.96. The standard InChI is InChI=1S/C13H15BrN2O2/c1-8(2)16-12(7-17)11-6-9(18-3)4-5-10(11)13(14)15-16/h4-8,12H,1-3H3. The number of halogens is 1. The van der Waals surface area contributed by atoms with Gasteiger partial charge in [-0.1, -0.05) is 0 Å². The van der Waals surface area contributed by atoms with Gasteiger partial charge in [0.15, 0.2) is 0 Å². The lowest BCUT2D eigenvalue weighted by molar-refractivity contribution is -0.113. The molecule has 0 saturated heterocycles. The highest BCUT2D eigenvalue weighted by Gasteiger charge is 2.29. The van der Waals surface area contributed by atoms with Gasteiger partial charge in [-0.15, -0.1) is 0 Å². The Hall–Kier alpha value is -1.36. The van der Waals surface area contributed by atoms with E-state index in [4.69, 9.17) is 4.74 Å². The Balaban J connectivity index is 2.56. The Morgan fingerprint density at radius 1 is 1.50 bits per heavy atom. The van der Waals surface area contributed by atoms with E-state index in [2.05, 4.69) is 21.0 Å². The minimum Gasteiger partial charge on any atom is -0.497 e. The second-order valence-corrected chi connectivity index (χ2v) is 5.15. The Kier molecular flexibility index (Phi) is 3.71. The van der Waals surface area contributed by atoms with Crippen LogP contribution in [-0.2, 0) is 4.79 Å². The predicted molar refractivity (Wildman–Crippen MR) is 74.2 cm³/mol. The molecule has 0 aliphatic carbocycles. The Labute approximate surface area is 115 Å². The fraction of sp³-hybridized carbons (Fsp3) is 0.385. The number of benzene rings is 1. The number of hydrazone groups is 1. The zero-order valence-corrected chi connectivity index (χ0v) is 12.1. The molecule has 1 aliphatic rings. The summed E-state index contributed by atoms with van der Waals surface area (Å²) in [6.45, 7) is 4.01. The summed E-state index contributed by atoms with van der Waals surface area (Å²) in [5.41, 5.74) is 1.85. The van der Waals surface area contributed by atoms with E-state index in [0.717, 1.165) is 27.8 Å². The van der Waals surface area contributed by atoms with Crippen LogP contribution in [0.3, 0.4) is 0 Å². The van der Waals surface area contributed by atoms with E-state index in [-0.39, 0.29) is 12.1 Å². The van der Waals surface area contributed by atoms with Gasteiger partial charge in [-0.2, -0.15) is 5.10 Å². The summed E-state index contributed by atoms with van der Waals surface area (Å²) in [7, 11) is 1.61. The number of hydrogen-bond donors (Lipinski definition) is 0. The van der Waals surface area contributed by atoms with Crippen molar-refractivity contribution in [2.75, 3.05) is 7.11 Å². The monoisotopic (exact) mass is 310 g/mol. The number of carbonyl (C=O) groups is 1. The second kappa shape index (κ2) is 5.10. The van der Waals surface area contributed by atoms with E-state index in [1.54, 1.807) is 12.1 Å². The Morgan fingerprint density at radius 3 is 2.78 bits per heavy atom. The van der Waals surface area contributed by atoms with E-state index in [0.29, 0.717) is 0 Å². The number of carbonyl (C=O) groups excluding carboxylic acids is 1. The highest BCUT2D eigenvalue weighted by molar-refractivity contribution is 9.18. The van der Waals surface area contributed by atoms with Crippen molar-refractivity contribution in [1.82, 2.24) is 5.01 Å². The molecule has 0 aromatic heterocycles. The molecule has 1 aromatic carbocycles. The summed E-state index contributed by atoms with van der Waals surface area (Å²) in [6.07, 6.45) is 0.918. The van der Waals surface area contributed by atoms with Crippen LogP contribution in [0.15, 0.2) is 23.3 Å². The lowest BCUT2D eigenvalue weighted by atomic mass is 9.99. The summed E-state index contributed by atoms with van der Waals surface area (Å²) in [5.74, 6) is 0.742. The van der Waals surface area contributed by atoms with E-state index < -0.39 is 0 Å². The van der Waals surface area contributed by atoms with Crippen LogP contribution in [-0.4, -0.2) is 29.1 Å². The average Bonchev–Trinajstić information content (AvgIpc) is 2.37. The highest BCUT2D eigenvalue weighted by Crippen LogP contribution is 2.33. The average molecular weight is 311 g/mol. The van der Waals surface area contributed by atoms with Crippen molar-refractivity contribution in [3.63, 3.8) is 0 Å². The van der Waals surface area contributed by atoms with Crippen LogP contribution >= 0.6 is 15.9 Å². The summed E-state index contributed by atoms with van der Waals surface area (Å²) in [5, 5.41) is 6.22. The Bertz CT molecular complexity index is 500. The maximum absolute atomic E-state index is 11.4. The van der Waals surface area contributed by atoms with Crippen molar-refractivity contribution in [3.8, 4) is 5.75 Å². The van der Waals surface area contributed by atoms with Crippen molar-refractivity contribution in [2.24, 2.45) is 5.10 Å². The summed E-state index contributed by atoms with van der Waals surface area (Å²) in [6, 6.07) is 5.45. The number of nitrogens with zero attached hydrogens (tertiary/aromatic N) is 2. The van der Waals surface area contributed by atoms with Crippen molar-refractivity contribution < 1.29 is 9.53 Å². The van der Waals surface area contributed by atoms with Gasteiger partial charge >= 0.3 is 0 Å². The molecule has 4 nitrogen and oxygen atoms in total. The first kappa shape index (κ1) is 13.1. The molecule has 1 aliphatic heterocycles. The second-order valence-electron chi connectivity index (χ2n) is 4.40. The van der Waals surface area contributed by atoms with Gasteiger partial charge in [0.25, 0.3) is 0 Å². The van der Waals surface area contributed by atoms with Gasteiger partial charge in [0.2, 0.25) is 0 Å². The van der Waals surface area contributed by atoms with Crippen molar-refractivity contribution in [1.29, 1.82) is 0 Å². The van der Waals surface area contributed by atoms with Gasteiger partial charge < -0.3 is 9.53 Å². The zero-order chi connectivity index (χ0) is 13.3. The van der Waals surface area contributed by atoms with Gasteiger partial charge in [0, 0.05) is 11.6 Å². The molecule has 1 aromatic rings. The number of hydrogen-bond acceptors (Lipinski definition) is 4. The van der Waals surface area contributed by atoms with Gasteiger partial charge in [-0.3, -0.25) is 5.01 Å². The van der Waals surface area contributed by atoms with E-state index in [1.807, 2.05) is 32.0 Å². The molecule has 0 amide bonds. The van der Waals surface area contributed by atoms with Gasteiger partial charge in [-0.05, 0) is 53.5 Å². The lowest BCUT2D eigenvalue weighted by Crippen LogP contribution is -2.35. The molecule has 0 N–H and O–H groups in total. The molecule has 5 heteroatoms. The zero-order valence-electron chi connectivity index (χ0n) is 10.6. The first-order valence-electron chi connectivity index (χ1n) is 5.74. The smallest absolute Gasteiger partial charge is 0.148 e. The third-order valence-corrected chi connectivity index (χ3v) is 3.53.